The third-order valence-electron chi connectivity index (χ3n) is 5.53. The van der Waals surface area contributed by atoms with Gasteiger partial charge < -0.3 is 10.6 Å². The van der Waals surface area contributed by atoms with Crippen LogP contribution in [0.1, 0.15) is 46.4 Å². The molecule has 5 nitrogen and oxygen atoms in total. The number of hydrogen-bond donors (Lipinski definition) is 2. The molecular weight excluding hydrogens is 398 g/mol. The van der Waals surface area contributed by atoms with Crippen molar-refractivity contribution in [3.8, 4) is 0 Å². The van der Waals surface area contributed by atoms with E-state index in [-0.39, 0.29) is 11.8 Å². The van der Waals surface area contributed by atoms with Crippen molar-refractivity contribution >= 4 is 33.6 Å². The molecule has 0 fully saturated rings. The monoisotopic (exact) mass is 425 g/mol. The molecule has 0 saturated carbocycles. The van der Waals surface area contributed by atoms with Crippen LogP contribution in [0.3, 0.4) is 0 Å². The average Bonchev–Trinajstić information content (AvgIpc) is 2.84. The Balaban J connectivity index is 1.24. The fourth-order valence-corrected chi connectivity index (χ4v) is 3.87. The van der Waals surface area contributed by atoms with E-state index >= 15 is 0 Å². The summed E-state index contributed by atoms with van der Waals surface area (Å²) in [6.07, 6.45) is 3.83. The SMILES string of the molecule is O=C(NCCCCCCNC(=O)c1c2ccccc2nc2ccccc12)c1ccccc1. The van der Waals surface area contributed by atoms with Crippen molar-refractivity contribution in [2.75, 3.05) is 13.1 Å². The van der Waals surface area contributed by atoms with Crippen LogP contribution in [-0.4, -0.2) is 29.9 Å². The summed E-state index contributed by atoms with van der Waals surface area (Å²) in [6, 6.07) is 24.8. The van der Waals surface area contributed by atoms with Crippen LogP contribution in [0.2, 0.25) is 0 Å². The number of unbranched alkanes of at least 4 members (excludes halogenated alkanes) is 3. The van der Waals surface area contributed by atoms with Gasteiger partial charge in [-0.2, -0.15) is 0 Å². The van der Waals surface area contributed by atoms with Gasteiger partial charge in [-0.1, -0.05) is 67.4 Å². The van der Waals surface area contributed by atoms with Gasteiger partial charge in [0.1, 0.15) is 0 Å². The summed E-state index contributed by atoms with van der Waals surface area (Å²) in [7, 11) is 0. The summed E-state index contributed by atoms with van der Waals surface area (Å²) >= 11 is 0. The normalized spacial score (nSPS) is 10.9. The Morgan fingerprint density at radius 1 is 0.594 bits per heavy atom. The maximum Gasteiger partial charge on any atom is 0.252 e. The highest BCUT2D eigenvalue weighted by molar-refractivity contribution is 6.16. The minimum absolute atomic E-state index is 0.0327. The summed E-state index contributed by atoms with van der Waals surface area (Å²) in [5.41, 5.74) is 3.03. The van der Waals surface area contributed by atoms with Crippen LogP contribution in [0.5, 0.6) is 0 Å². The Morgan fingerprint density at radius 2 is 1.09 bits per heavy atom. The molecule has 0 aliphatic carbocycles. The molecule has 0 unspecified atom stereocenters. The minimum Gasteiger partial charge on any atom is -0.352 e. The van der Waals surface area contributed by atoms with Gasteiger partial charge in [-0.05, 0) is 37.1 Å². The number of nitrogens with zero attached hydrogens (tertiary/aromatic N) is 1. The lowest BCUT2D eigenvalue weighted by atomic mass is 10.0. The molecule has 0 atom stereocenters. The number of nitrogens with one attached hydrogen (secondary N) is 2. The number of benzene rings is 3. The summed E-state index contributed by atoms with van der Waals surface area (Å²) in [4.78, 5) is 29.7. The predicted molar refractivity (Wildman–Crippen MR) is 129 cm³/mol. The minimum atomic E-state index is -0.0603. The van der Waals surface area contributed by atoms with E-state index in [1.54, 1.807) is 0 Å². The van der Waals surface area contributed by atoms with Crippen LogP contribution in [-0.2, 0) is 0 Å². The number of rotatable bonds is 9. The van der Waals surface area contributed by atoms with E-state index in [0.717, 1.165) is 47.5 Å². The van der Waals surface area contributed by atoms with Crippen molar-refractivity contribution in [2.24, 2.45) is 0 Å². The number of para-hydroxylation sites is 2. The van der Waals surface area contributed by atoms with Crippen molar-refractivity contribution in [3.63, 3.8) is 0 Å². The van der Waals surface area contributed by atoms with Gasteiger partial charge in [0.05, 0.1) is 16.6 Å². The summed E-state index contributed by atoms with van der Waals surface area (Å²) in [5, 5.41) is 7.77. The lowest BCUT2D eigenvalue weighted by Crippen LogP contribution is -2.25. The van der Waals surface area contributed by atoms with Crippen molar-refractivity contribution in [2.45, 2.75) is 25.7 Å². The van der Waals surface area contributed by atoms with E-state index in [9.17, 15) is 9.59 Å². The number of carbonyl (C=O) groups excluding carboxylic acids is 2. The molecule has 3 aromatic carbocycles. The maximum atomic E-state index is 13.0. The standard InChI is InChI=1S/C27H27N3O2/c31-26(20-12-4-3-5-13-20)28-18-10-1-2-11-19-29-27(32)25-21-14-6-8-16-23(21)30-24-17-9-7-15-22(24)25/h3-9,12-17H,1-2,10-11,18-19H2,(H,28,31)(H,29,32). The van der Waals surface area contributed by atoms with E-state index in [4.69, 9.17) is 0 Å². The van der Waals surface area contributed by atoms with Gasteiger partial charge in [0.2, 0.25) is 0 Å². The van der Waals surface area contributed by atoms with E-state index < -0.39 is 0 Å². The first-order chi connectivity index (χ1) is 15.7. The van der Waals surface area contributed by atoms with Crippen LogP contribution in [0.15, 0.2) is 78.9 Å². The highest BCUT2D eigenvalue weighted by atomic mass is 16.2. The second-order valence-electron chi connectivity index (χ2n) is 7.81. The summed E-state index contributed by atoms with van der Waals surface area (Å²) in [6.45, 7) is 1.29. The zero-order valence-electron chi connectivity index (χ0n) is 18.0. The first kappa shape index (κ1) is 21.5. The molecule has 0 spiro atoms. The number of pyridine rings is 1. The Kier molecular flexibility index (Phi) is 7.08. The quantitative estimate of drug-likeness (QED) is 0.289. The first-order valence-corrected chi connectivity index (χ1v) is 11.1. The van der Waals surface area contributed by atoms with Crippen LogP contribution in [0.25, 0.3) is 21.8 Å². The topological polar surface area (TPSA) is 71.1 Å². The van der Waals surface area contributed by atoms with Crippen LogP contribution >= 0.6 is 0 Å². The number of aromatic nitrogens is 1. The molecule has 0 radical (unpaired) electrons. The molecule has 0 aliphatic rings. The summed E-state index contributed by atoms with van der Waals surface area (Å²) < 4.78 is 0. The molecule has 162 valence electrons. The van der Waals surface area contributed by atoms with Gasteiger partial charge >= 0.3 is 0 Å². The molecule has 0 aliphatic heterocycles. The highest BCUT2D eigenvalue weighted by Gasteiger charge is 2.15. The van der Waals surface area contributed by atoms with Crippen molar-refractivity contribution < 1.29 is 9.59 Å². The second-order valence-corrected chi connectivity index (χ2v) is 7.81. The third-order valence-corrected chi connectivity index (χ3v) is 5.53. The largest absolute Gasteiger partial charge is 0.352 e. The molecule has 5 heteroatoms. The van der Waals surface area contributed by atoms with Crippen LogP contribution in [0.4, 0.5) is 0 Å². The Hall–Kier alpha value is -3.73. The lowest BCUT2D eigenvalue weighted by Gasteiger charge is -2.11. The molecular formula is C27H27N3O2. The van der Waals surface area contributed by atoms with E-state index in [0.29, 0.717) is 24.2 Å². The first-order valence-electron chi connectivity index (χ1n) is 11.1. The molecule has 32 heavy (non-hydrogen) atoms. The number of hydrogen-bond acceptors (Lipinski definition) is 3. The fourth-order valence-electron chi connectivity index (χ4n) is 3.87. The Morgan fingerprint density at radius 3 is 1.69 bits per heavy atom. The molecule has 2 N–H and O–H groups in total. The van der Waals surface area contributed by atoms with Crippen LogP contribution < -0.4 is 10.6 Å². The van der Waals surface area contributed by atoms with Crippen molar-refractivity contribution in [3.05, 3.63) is 90.0 Å². The van der Waals surface area contributed by atoms with Gasteiger partial charge in [-0.3, -0.25) is 9.59 Å². The fraction of sp³-hybridized carbons (Fsp3) is 0.222. The van der Waals surface area contributed by atoms with Gasteiger partial charge in [-0.25, -0.2) is 4.98 Å². The van der Waals surface area contributed by atoms with Crippen LogP contribution in [0, 0.1) is 0 Å². The molecule has 4 aromatic rings. The molecule has 1 aromatic heterocycles. The smallest absolute Gasteiger partial charge is 0.252 e. The number of carbonyl (C=O) groups is 2. The van der Waals surface area contributed by atoms with Gasteiger partial charge in [0.15, 0.2) is 0 Å². The lowest BCUT2D eigenvalue weighted by molar-refractivity contribution is 0.0944. The predicted octanol–water partition coefficient (Wildman–Crippen LogP) is 5.11. The maximum absolute atomic E-state index is 13.0. The van der Waals surface area contributed by atoms with E-state index in [2.05, 4.69) is 15.6 Å². The Labute approximate surface area is 187 Å². The van der Waals surface area contributed by atoms with Crippen molar-refractivity contribution in [1.82, 2.24) is 15.6 Å². The molecule has 2 amide bonds. The molecule has 0 bridgehead atoms. The second kappa shape index (κ2) is 10.5. The van der Waals surface area contributed by atoms with Gasteiger partial charge in [-0.15, -0.1) is 0 Å². The van der Waals surface area contributed by atoms with Gasteiger partial charge in [0, 0.05) is 29.4 Å². The van der Waals surface area contributed by atoms with Gasteiger partial charge in [0.25, 0.3) is 11.8 Å². The highest BCUT2D eigenvalue weighted by Crippen LogP contribution is 2.25. The zero-order chi connectivity index (χ0) is 22.2. The average molecular weight is 426 g/mol. The van der Waals surface area contributed by atoms with E-state index in [1.807, 2.05) is 78.9 Å². The zero-order valence-corrected chi connectivity index (χ0v) is 18.0. The van der Waals surface area contributed by atoms with E-state index in [1.165, 1.54) is 0 Å². The molecule has 0 saturated heterocycles. The molecule has 4 rings (SSSR count). The molecule has 1 heterocycles. The third kappa shape index (κ3) is 5.11. The van der Waals surface area contributed by atoms with Crippen molar-refractivity contribution in [1.29, 1.82) is 0 Å². The Bertz CT molecular complexity index is 1170. The summed E-state index contributed by atoms with van der Waals surface area (Å²) in [5.74, 6) is -0.0930. The number of fused-ring (bicyclic) bond motifs is 2. The number of amides is 2.